The lowest BCUT2D eigenvalue weighted by molar-refractivity contribution is 0.276. The Morgan fingerprint density at radius 1 is 1.22 bits per heavy atom. The Hall–Kier alpha value is -2.20. The van der Waals surface area contributed by atoms with E-state index in [9.17, 15) is 5.11 Å². The number of hydrogen-bond acceptors (Lipinski definition) is 3. The van der Waals surface area contributed by atoms with E-state index in [4.69, 9.17) is 0 Å². The van der Waals surface area contributed by atoms with E-state index in [-0.39, 0.29) is 6.61 Å². The molecule has 0 saturated carbocycles. The van der Waals surface area contributed by atoms with Crippen molar-refractivity contribution in [1.82, 2.24) is 14.4 Å². The molecular weight excluding hydrogens is 226 g/mol. The topological polar surface area (TPSA) is 50.4 Å². The summed E-state index contributed by atoms with van der Waals surface area (Å²) in [6, 6.07) is 9.92. The fourth-order valence-corrected chi connectivity index (χ4v) is 2.03. The second-order valence-electron chi connectivity index (χ2n) is 4.22. The first-order chi connectivity index (χ1) is 8.79. The van der Waals surface area contributed by atoms with E-state index in [2.05, 4.69) is 9.97 Å². The lowest BCUT2D eigenvalue weighted by Crippen LogP contribution is -1.94. The van der Waals surface area contributed by atoms with Crippen molar-refractivity contribution in [3.8, 4) is 11.3 Å². The quantitative estimate of drug-likeness (QED) is 0.745. The minimum absolute atomic E-state index is 0.0595. The van der Waals surface area contributed by atoms with Gasteiger partial charge in [0.25, 0.3) is 0 Å². The highest BCUT2D eigenvalue weighted by molar-refractivity contribution is 5.65. The number of aliphatic hydroxyl groups is 1. The molecule has 2 aromatic heterocycles. The third-order valence-electron chi connectivity index (χ3n) is 2.98. The van der Waals surface area contributed by atoms with Crippen molar-refractivity contribution in [3.63, 3.8) is 0 Å². The summed E-state index contributed by atoms with van der Waals surface area (Å²) < 4.78 is 1.81. The molecule has 0 amide bonds. The number of imidazole rings is 1. The van der Waals surface area contributed by atoms with Crippen LogP contribution >= 0.6 is 0 Å². The summed E-state index contributed by atoms with van der Waals surface area (Å²) in [5.41, 5.74) is 3.75. The largest absolute Gasteiger partial charge is 0.390 e. The van der Waals surface area contributed by atoms with Crippen LogP contribution in [0.5, 0.6) is 0 Å². The Morgan fingerprint density at radius 2 is 2.00 bits per heavy atom. The van der Waals surface area contributed by atoms with Gasteiger partial charge in [0, 0.05) is 18.0 Å². The molecule has 3 aromatic rings. The van der Waals surface area contributed by atoms with Gasteiger partial charge in [0.1, 0.15) is 0 Å². The van der Waals surface area contributed by atoms with Crippen LogP contribution in [0.25, 0.3) is 17.0 Å². The third kappa shape index (κ3) is 1.67. The van der Waals surface area contributed by atoms with Crippen molar-refractivity contribution in [2.24, 2.45) is 0 Å². The summed E-state index contributed by atoms with van der Waals surface area (Å²) in [4.78, 5) is 8.67. The van der Waals surface area contributed by atoms with Gasteiger partial charge in [0.15, 0.2) is 0 Å². The van der Waals surface area contributed by atoms with Crippen LogP contribution in [0.2, 0.25) is 0 Å². The number of aliphatic hydroxyl groups excluding tert-OH is 1. The van der Waals surface area contributed by atoms with Crippen LogP contribution in [-0.4, -0.2) is 19.5 Å². The molecule has 0 saturated heterocycles. The van der Waals surface area contributed by atoms with E-state index < -0.39 is 0 Å². The Bertz CT molecular complexity index is 686. The summed E-state index contributed by atoms with van der Waals surface area (Å²) in [6.07, 6.45) is 3.56. The highest BCUT2D eigenvalue weighted by Crippen LogP contribution is 2.24. The Kier molecular flexibility index (Phi) is 2.57. The monoisotopic (exact) mass is 239 g/mol. The highest BCUT2D eigenvalue weighted by atomic mass is 16.3. The Balaban J connectivity index is 2.25. The fourth-order valence-electron chi connectivity index (χ4n) is 2.03. The zero-order valence-corrected chi connectivity index (χ0v) is 10.0. The molecule has 4 heteroatoms. The molecule has 0 unspecified atom stereocenters. The molecule has 4 nitrogen and oxygen atoms in total. The molecule has 90 valence electrons. The maximum atomic E-state index is 9.53. The first-order valence-electron chi connectivity index (χ1n) is 5.79. The SMILES string of the molecule is Cc1ccc(-c2nc3ncccn3c2CO)cc1. The van der Waals surface area contributed by atoms with Crippen molar-refractivity contribution in [3.05, 3.63) is 54.0 Å². The van der Waals surface area contributed by atoms with E-state index in [1.54, 1.807) is 6.20 Å². The molecule has 1 aromatic carbocycles. The van der Waals surface area contributed by atoms with Crippen molar-refractivity contribution in [2.75, 3.05) is 0 Å². The Labute approximate surface area is 105 Å². The molecule has 0 spiro atoms. The number of hydrogen-bond donors (Lipinski definition) is 1. The summed E-state index contributed by atoms with van der Waals surface area (Å²) in [5.74, 6) is 0.608. The lowest BCUT2D eigenvalue weighted by atomic mass is 10.1. The van der Waals surface area contributed by atoms with Gasteiger partial charge in [-0.1, -0.05) is 29.8 Å². The Morgan fingerprint density at radius 3 is 2.72 bits per heavy atom. The van der Waals surface area contributed by atoms with Crippen LogP contribution in [0, 0.1) is 6.92 Å². The maximum absolute atomic E-state index is 9.53. The zero-order chi connectivity index (χ0) is 12.5. The average molecular weight is 239 g/mol. The maximum Gasteiger partial charge on any atom is 0.234 e. The van der Waals surface area contributed by atoms with Crippen LogP contribution in [-0.2, 0) is 6.61 Å². The van der Waals surface area contributed by atoms with Crippen molar-refractivity contribution in [2.45, 2.75) is 13.5 Å². The average Bonchev–Trinajstić information content (AvgIpc) is 2.78. The first kappa shape index (κ1) is 10.9. The van der Waals surface area contributed by atoms with Crippen molar-refractivity contribution < 1.29 is 5.11 Å². The van der Waals surface area contributed by atoms with Gasteiger partial charge < -0.3 is 5.11 Å². The van der Waals surface area contributed by atoms with Crippen LogP contribution in [0.4, 0.5) is 0 Å². The van der Waals surface area contributed by atoms with Gasteiger partial charge in [0.2, 0.25) is 5.78 Å². The number of aryl methyl sites for hydroxylation is 1. The third-order valence-corrected chi connectivity index (χ3v) is 2.98. The minimum Gasteiger partial charge on any atom is -0.390 e. The van der Waals surface area contributed by atoms with Crippen LogP contribution in [0.15, 0.2) is 42.7 Å². The summed E-state index contributed by atoms with van der Waals surface area (Å²) >= 11 is 0. The van der Waals surface area contributed by atoms with E-state index in [1.807, 2.05) is 47.9 Å². The molecule has 0 aliphatic rings. The van der Waals surface area contributed by atoms with E-state index in [0.29, 0.717) is 5.78 Å². The summed E-state index contributed by atoms with van der Waals surface area (Å²) in [6.45, 7) is 1.98. The summed E-state index contributed by atoms with van der Waals surface area (Å²) in [5, 5.41) is 9.53. The zero-order valence-electron chi connectivity index (χ0n) is 10.0. The number of nitrogens with zero attached hydrogens (tertiary/aromatic N) is 3. The number of benzene rings is 1. The number of fused-ring (bicyclic) bond motifs is 1. The first-order valence-corrected chi connectivity index (χ1v) is 5.79. The molecule has 0 fully saturated rings. The van der Waals surface area contributed by atoms with Gasteiger partial charge in [-0.2, -0.15) is 0 Å². The van der Waals surface area contributed by atoms with Gasteiger partial charge in [-0.05, 0) is 13.0 Å². The number of aromatic nitrogens is 3. The van der Waals surface area contributed by atoms with Gasteiger partial charge in [-0.15, -0.1) is 0 Å². The van der Waals surface area contributed by atoms with Gasteiger partial charge >= 0.3 is 0 Å². The molecule has 1 N–H and O–H groups in total. The van der Waals surface area contributed by atoms with Crippen LogP contribution in [0.3, 0.4) is 0 Å². The molecule has 0 radical (unpaired) electrons. The van der Waals surface area contributed by atoms with Gasteiger partial charge in [0.05, 0.1) is 18.0 Å². The molecule has 0 aliphatic heterocycles. The van der Waals surface area contributed by atoms with Crippen LogP contribution in [0.1, 0.15) is 11.3 Å². The van der Waals surface area contributed by atoms with E-state index in [1.165, 1.54) is 5.56 Å². The smallest absolute Gasteiger partial charge is 0.234 e. The molecule has 0 aliphatic carbocycles. The van der Waals surface area contributed by atoms with E-state index >= 15 is 0 Å². The second kappa shape index (κ2) is 4.23. The van der Waals surface area contributed by atoms with Gasteiger partial charge in [-0.3, -0.25) is 4.40 Å². The van der Waals surface area contributed by atoms with Gasteiger partial charge in [-0.25, -0.2) is 9.97 Å². The standard InChI is InChI=1S/C14H13N3O/c1-10-3-5-11(6-4-10)13-12(9-18)17-8-2-7-15-14(17)16-13/h2-8,18H,9H2,1H3. The molecule has 18 heavy (non-hydrogen) atoms. The second-order valence-corrected chi connectivity index (χ2v) is 4.22. The molecular formula is C14H13N3O. The highest BCUT2D eigenvalue weighted by Gasteiger charge is 2.13. The molecule has 0 atom stereocenters. The normalized spacial score (nSPS) is 11.0. The molecule has 0 bridgehead atoms. The predicted molar refractivity (Wildman–Crippen MR) is 69.1 cm³/mol. The lowest BCUT2D eigenvalue weighted by Gasteiger charge is -2.01. The van der Waals surface area contributed by atoms with Crippen molar-refractivity contribution >= 4 is 5.78 Å². The van der Waals surface area contributed by atoms with E-state index in [0.717, 1.165) is 17.0 Å². The predicted octanol–water partition coefficient (Wildman–Crippen LogP) is 2.20. The molecule has 3 rings (SSSR count). The summed E-state index contributed by atoms with van der Waals surface area (Å²) in [7, 11) is 0. The number of rotatable bonds is 2. The molecule has 2 heterocycles. The van der Waals surface area contributed by atoms with Crippen molar-refractivity contribution in [1.29, 1.82) is 0 Å². The minimum atomic E-state index is -0.0595. The fraction of sp³-hybridized carbons (Fsp3) is 0.143. The van der Waals surface area contributed by atoms with Crippen LogP contribution < -0.4 is 0 Å².